The van der Waals surface area contributed by atoms with Crippen molar-refractivity contribution in [2.45, 2.75) is 18.4 Å². The molecule has 1 spiro atoms. The van der Waals surface area contributed by atoms with Gasteiger partial charge in [0.25, 0.3) is 0 Å². The van der Waals surface area contributed by atoms with E-state index in [1.54, 1.807) is 0 Å². The van der Waals surface area contributed by atoms with Gasteiger partial charge in [0.05, 0.1) is 6.54 Å². The fourth-order valence-corrected chi connectivity index (χ4v) is 1.96. The highest BCUT2D eigenvalue weighted by molar-refractivity contribution is 5.86. The van der Waals surface area contributed by atoms with Crippen LogP contribution in [0.3, 0.4) is 0 Å². The molecular weight excluding hydrogens is 198 g/mol. The zero-order chi connectivity index (χ0) is 10.6. The third-order valence-corrected chi connectivity index (χ3v) is 2.94. The summed E-state index contributed by atoms with van der Waals surface area (Å²) in [5.74, 6) is -0.783. The second-order valence-corrected chi connectivity index (χ2v) is 4.23. The molecule has 0 bridgehead atoms. The van der Waals surface area contributed by atoms with Crippen molar-refractivity contribution >= 4 is 11.7 Å². The standard InChI is InChI=1S/C10H11NO4/c1-11-5-10(2-3-10)15-9-6(11)4-7(14-9)8(12)13/h4H,2-3,5H2,1H3,(H,12,13). The van der Waals surface area contributed by atoms with Crippen LogP contribution in [-0.2, 0) is 0 Å². The van der Waals surface area contributed by atoms with Crippen LogP contribution in [0.2, 0.25) is 0 Å². The minimum Gasteiger partial charge on any atom is -0.475 e. The van der Waals surface area contributed by atoms with E-state index in [0.29, 0.717) is 5.95 Å². The summed E-state index contributed by atoms with van der Waals surface area (Å²) in [6.07, 6.45) is 2.03. The molecular formula is C10H11NO4. The lowest BCUT2D eigenvalue weighted by Crippen LogP contribution is -2.38. The highest BCUT2D eigenvalue weighted by Gasteiger charge is 2.50. The van der Waals surface area contributed by atoms with Crippen LogP contribution in [0.5, 0.6) is 5.95 Å². The van der Waals surface area contributed by atoms with Crippen LogP contribution < -0.4 is 9.64 Å². The molecule has 2 heterocycles. The number of ether oxygens (including phenoxy) is 1. The van der Waals surface area contributed by atoms with Gasteiger partial charge >= 0.3 is 11.9 Å². The van der Waals surface area contributed by atoms with Gasteiger partial charge in [0, 0.05) is 13.1 Å². The van der Waals surface area contributed by atoms with Crippen LogP contribution in [0.4, 0.5) is 5.69 Å². The highest BCUT2D eigenvalue weighted by Crippen LogP contribution is 2.48. The molecule has 1 fully saturated rings. The normalized spacial score (nSPS) is 21.0. The van der Waals surface area contributed by atoms with Crippen molar-refractivity contribution < 1.29 is 19.1 Å². The lowest BCUT2D eigenvalue weighted by atomic mass is 10.2. The van der Waals surface area contributed by atoms with Crippen LogP contribution in [0.1, 0.15) is 23.4 Å². The predicted octanol–water partition coefficient (Wildman–Crippen LogP) is 1.34. The van der Waals surface area contributed by atoms with Crippen LogP contribution in [0.25, 0.3) is 0 Å². The van der Waals surface area contributed by atoms with Gasteiger partial charge in [-0.15, -0.1) is 0 Å². The van der Waals surface area contributed by atoms with Gasteiger partial charge in [-0.05, 0) is 12.8 Å². The van der Waals surface area contributed by atoms with E-state index in [2.05, 4.69) is 0 Å². The summed E-state index contributed by atoms with van der Waals surface area (Å²) in [7, 11) is 1.92. The maximum atomic E-state index is 10.7. The van der Waals surface area contributed by atoms with Crippen molar-refractivity contribution in [3.63, 3.8) is 0 Å². The molecule has 80 valence electrons. The van der Waals surface area contributed by atoms with Gasteiger partial charge in [0.15, 0.2) is 0 Å². The largest absolute Gasteiger partial charge is 0.475 e. The van der Waals surface area contributed by atoms with Crippen molar-refractivity contribution in [1.82, 2.24) is 0 Å². The fraction of sp³-hybridized carbons (Fsp3) is 0.500. The summed E-state index contributed by atoms with van der Waals surface area (Å²) in [4.78, 5) is 12.7. The smallest absolute Gasteiger partial charge is 0.372 e. The molecule has 1 aromatic rings. The molecule has 0 unspecified atom stereocenters. The second kappa shape index (κ2) is 2.48. The number of furan rings is 1. The van der Waals surface area contributed by atoms with Gasteiger partial charge in [0.1, 0.15) is 11.3 Å². The third kappa shape index (κ3) is 1.19. The van der Waals surface area contributed by atoms with Crippen molar-refractivity contribution in [3.8, 4) is 5.95 Å². The van der Waals surface area contributed by atoms with Crippen LogP contribution in [-0.4, -0.2) is 30.3 Å². The Bertz CT molecular complexity index is 433. The average molecular weight is 209 g/mol. The van der Waals surface area contributed by atoms with Gasteiger partial charge in [0.2, 0.25) is 5.76 Å². The SMILES string of the molecule is CN1CC2(CC2)Oc2oc(C(=O)O)cc21. The molecule has 0 aromatic carbocycles. The van der Waals surface area contributed by atoms with E-state index in [1.165, 1.54) is 6.07 Å². The minimum absolute atomic E-state index is 0.0652. The summed E-state index contributed by atoms with van der Waals surface area (Å²) in [6.45, 7) is 0.804. The Labute approximate surface area is 86.2 Å². The Morgan fingerprint density at radius 1 is 1.60 bits per heavy atom. The Morgan fingerprint density at radius 2 is 2.33 bits per heavy atom. The average Bonchev–Trinajstić information content (AvgIpc) is 2.76. The van der Waals surface area contributed by atoms with E-state index in [-0.39, 0.29) is 11.4 Å². The number of carbonyl (C=O) groups is 1. The monoisotopic (exact) mass is 209 g/mol. The van der Waals surface area contributed by atoms with Gasteiger partial charge in [-0.3, -0.25) is 0 Å². The lowest BCUT2D eigenvalue weighted by Gasteiger charge is -2.30. The number of rotatable bonds is 1. The maximum absolute atomic E-state index is 10.7. The third-order valence-electron chi connectivity index (χ3n) is 2.94. The number of nitrogens with zero attached hydrogens (tertiary/aromatic N) is 1. The van der Waals surface area contributed by atoms with Gasteiger partial charge in [-0.2, -0.15) is 0 Å². The van der Waals surface area contributed by atoms with Crippen LogP contribution in [0.15, 0.2) is 10.5 Å². The lowest BCUT2D eigenvalue weighted by molar-refractivity contribution is 0.0639. The van der Waals surface area contributed by atoms with E-state index in [4.69, 9.17) is 14.3 Å². The van der Waals surface area contributed by atoms with Gasteiger partial charge in [-0.25, -0.2) is 4.79 Å². The topological polar surface area (TPSA) is 62.9 Å². The van der Waals surface area contributed by atoms with E-state index in [0.717, 1.165) is 25.1 Å². The minimum atomic E-state index is -1.06. The Morgan fingerprint density at radius 3 is 2.93 bits per heavy atom. The second-order valence-electron chi connectivity index (χ2n) is 4.23. The van der Waals surface area contributed by atoms with Crippen molar-refractivity contribution in [2.75, 3.05) is 18.5 Å². The molecule has 1 aromatic heterocycles. The summed E-state index contributed by atoms with van der Waals surface area (Å²) in [6, 6.07) is 1.51. The number of likely N-dealkylation sites (N-methyl/N-ethyl adjacent to an activating group) is 1. The van der Waals surface area contributed by atoms with E-state index in [1.807, 2.05) is 11.9 Å². The molecule has 15 heavy (non-hydrogen) atoms. The summed E-state index contributed by atoms with van der Waals surface area (Å²) >= 11 is 0. The molecule has 2 aliphatic rings. The molecule has 5 nitrogen and oxygen atoms in total. The van der Waals surface area contributed by atoms with E-state index in [9.17, 15) is 4.79 Å². The first kappa shape index (κ1) is 8.64. The molecule has 1 aliphatic carbocycles. The van der Waals surface area contributed by atoms with Crippen molar-refractivity contribution in [3.05, 3.63) is 11.8 Å². The molecule has 1 aliphatic heterocycles. The zero-order valence-corrected chi connectivity index (χ0v) is 8.32. The number of aromatic carboxylic acids is 1. The first-order valence-corrected chi connectivity index (χ1v) is 4.87. The van der Waals surface area contributed by atoms with Crippen LogP contribution in [0, 0.1) is 0 Å². The Hall–Kier alpha value is -1.65. The molecule has 1 saturated carbocycles. The molecule has 5 heteroatoms. The van der Waals surface area contributed by atoms with E-state index < -0.39 is 5.97 Å². The number of carboxylic acids is 1. The summed E-state index contributed by atoms with van der Waals surface area (Å²) in [5.41, 5.74) is 0.611. The molecule has 1 N–H and O–H groups in total. The first-order chi connectivity index (χ1) is 7.10. The number of anilines is 1. The number of carboxylic acid groups (broad SMARTS) is 1. The summed E-state index contributed by atoms with van der Waals surface area (Å²) in [5, 5.41) is 8.80. The predicted molar refractivity (Wildman–Crippen MR) is 51.5 cm³/mol. The zero-order valence-electron chi connectivity index (χ0n) is 8.32. The van der Waals surface area contributed by atoms with Gasteiger partial charge in [-0.1, -0.05) is 0 Å². The number of hydrogen-bond donors (Lipinski definition) is 1. The molecule has 3 rings (SSSR count). The quantitative estimate of drug-likeness (QED) is 0.756. The fourth-order valence-electron chi connectivity index (χ4n) is 1.96. The van der Waals surface area contributed by atoms with E-state index >= 15 is 0 Å². The number of hydrogen-bond acceptors (Lipinski definition) is 4. The molecule has 0 saturated heterocycles. The number of fused-ring (bicyclic) bond motifs is 1. The summed E-state index contributed by atoms with van der Waals surface area (Å²) < 4.78 is 10.8. The Kier molecular flexibility index (Phi) is 1.43. The highest BCUT2D eigenvalue weighted by atomic mass is 16.6. The molecule has 0 atom stereocenters. The van der Waals surface area contributed by atoms with Crippen LogP contribution >= 0.6 is 0 Å². The Balaban J connectivity index is 2.02. The van der Waals surface area contributed by atoms with Gasteiger partial charge < -0.3 is 19.2 Å². The molecule has 0 radical (unpaired) electrons. The molecule has 0 amide bonds. The van der Waals surface area contributed by atoms with Crippen molar-refractivity contribution in [2.24, 2.45) is 0 Å². The van der Waals surface area contributed by atoms with Crippen molar-refractivity contribution in [1.29, 1.82) is 0 Å². The first-order valence-electron chi connectivity index (χ1n) is 4.87. The maximum Gasteiger partial charge on any atom is 0.372 e.